The average Bonchev–Trinajstić information content (AvgIpc) is 2.71. The predicted molar refractivity (Wildman–Crippen MR) is 71.3 cm³/mol. The monoisotopic (exact) mass is 262 g/mol. The zero-order valence-electron chi connectivity index (χ0n) is 11.0. The SMILES string of the molecule is COc1ccc(/C=C2/N=C(C(C)C)NC2=O)cc1F. The maximum absolute atomic E-state index is 13.5. The molecule has 5 heteroatoms. The van der Waals surface area contributed by atoms with Crippen molar-refractivity contribution in [2.75, 3.05) is 7.11 Å². The van der Waals surface area contributed by atoms with Crippen LogP contribution in [-0.4, -0.2) is 18.9 Å². The number of ether oxygens (including phenoxy) is 1. The van der Waals surface area contributed by atoms with Gasteiger partial charge in [0.2, 0.25) is 0 Å². The minimum absolute atomic E-state index is 0.141. The van der Waals surface area contributed by atoms with E-state index in [0.717, 1.165) is 0 Å². The molecule has 1 amide bonds. The number of halogens is 1. The normalized spacial score (nSPS) is 16.8. The smallest absolute Gasteiger partial charge is 0.275 e. The van der Waals surface area contributed by atoms with Gasteiger partial charge in [0.1, 0.15) is 11.5 Å². The van der Waals surface area contributed by atoms with Gasteiger partial charge in [0.15, 0.2) is 11.6 Å². The third kappa shape index (κ3) is 2.81. The molecule has 0 atom stereocenters. The van der Waals surface area contributed by atoms with Gasteiger partial charge in [-0.25, -0.2) is 9.38 Å². The topological polar surface area (TPSA) is 50.7 Å². The first kappa shape index (κ1) is 13.3. The highest BCUT2D eigenvalue weighted by molar-refractivity contribution is 6.14. The second-order valence-corrected chi connectivity index (χ2v) is 4.53. The number of amidine groups is 1. The third-order valence-electron chi connectivity index (χ3n) is 2.74. The van der Waals surface area contributed by atoms with Gasteiger partial charge >= 0.3 is 0 Å². The number of methoxy groups -OCH3 is 1. The quantitative estimate of drug-likeness (QED) is 0.850. The summed E-state index contributed by atoms with van der Waals surface area (Å²) in [6, 6.07) is 4.49. The summed E-state index contributed by atoms with van der Waals surface area (Å²) in [7, 11) is 1.40. The molecule has 1 aliphatic rings. The van der Waals surface area contributed by atoms with Crippen LogP contribution in [0, 0.1) is 11.7 Å². The number of rotatable bonds is 3. The lowest BCUT2D eigenvalue weighted by molar-refractivity contribution is -0.115. The molecule has 0 aromatic heterocycles. The van der Waals surface area contributed by atoms with E-state index in [0.29, 0.717) is 11.4 Å². The van der Waals surface area contributed by atoms with E-state index >= 15 is 0 Å². The van der Waals surface area contributed by atoms with Crippen molar-refractivity contribution in [3.8, 4) is 5.75 Å². The number of benzene rings is 1. The van der Waals surface area contributed by atoms with Crippen LogP contribution in [0.5, 0.6) is 5.75 Å². The highest BCUT2D eigenvalue weighted by Crippen LogP contribution is 2.20. The van der Waals surface area contributed by atoms with E-state index in [2.05, 4.69) is 10.3 Å². The Hall–Kier alpha value is -2.17. The summed E-state index contributed by atoms with van der Waals surface area (Å²) in [4.78, 5) is 15.9. The molecule has 0 saturated heterocycles. The molecule has 100 valence electrons. The molecule has 0 spiro atoms. The van der Waals surface area contributed by atoms with Crippen molar-refractivity contribution in [1.29, 1.82) is 0 Å². The Bertz CT molecular complexity index is 577. The van der Waals surface area contributed by atoms with Crippen LogP contribution >= 0.6 is 0 Å². The first-order valence-electron chi connectivity index (χ1n) is 5.96. The fraction of sp³-hybridized carbons (Fsp3) is 0.286. The lowest BCUT2D eigenvalue weighted by atomic mass is 10.2. The van der Waals surface area contributed by atoms with Crippen LogP contribution in [0.25, 0.3) is 6.08 Å². The van der Waals surface area contributed by atoms with Gasteiger partial charge in [-0.15, -0.1) is 0 Å². The van der Waals surface area contributed by atoms with Crippen molar-refractivity contribution in [1.82, 2.24) is 5.32 Å². The molecule has 0 saturated carbocycles. The standard InChI is InChI=1S/C14H15FN2O2/c1-8(2)13-16-11(14(18)17-13)7-9-4-5-12(19-3)10(15)6-9/h4-8H,1-3H3,(H,16,17,18)/b11-7+. The molecule has 2 rings (SSSR count). The van der Waals surface area contributed by atoms with Gasteiger partial charge in [-0.3, -0.25) is 4.79 Å². The Labute approximate surface area is 111 Å². The first-order chi connectivity index (χ1) is 9.01. The van der Waals surface area contributed by atoms with E-state index in [1.807, 2.05) is 13.8 Å². The minimum Gasteiger partial charge on any atom is -0.494 e. The van der Waals surface area contributed by atoms with Crippen molar-refractivity contribution < 1.29 is 13.9 Å². The maximum Gasteiger partial charge on any atom is 0.275 e. The van der Waals surface area contributed by atoms with Crippen LogP contribution in [0.4, 0.5) is 4.39 Å². The number of amides is 1. The third-order valence-corrected chi connectivity index (χ3v) is 2.74. The van der Waals surface area contributed by atoms with E-state index in [4.69, 9.17) is 4.74 Å². The average molecular weight is 262 g/mol. The van der Waals surface area contributed by atoms with Gasteiger partial charge in [0.25, 0.3) is 5.91 Å². The Morgan fingerprint density at radius 3 is 2.68 bits per heavy atom. The summed E-state index contributed by atoms with van der Waals surface area (Å²) in [6.45, 7) is 3.88. The summed E-state index contributed by atoms with van der Waals surface area (Å²) in [5, 5.41) is 2.69. The molecule has 0 bridgehead atoms. The van der Waals surface area contributed by atoms with E-state index < -0.39 is 5.82 Å². The predicted octanol–water partition coefficient (Wildman–Crippen LogP) is 2.36. The van der Waals surface area contributed by atoms with Crippen LogP contribution in [0.1, 0.15) is 19.4 Å². The highest BCUT2D eigenvalue weighted by Gasteiger charge is 2.21. The molecule has 1 aromatic carbocycles. The summed E-state index contributed by atoms with van der Waals surface area (Å²) < 4.78 is 18.4. The van der Waals surface area contributed by atoms with Crippen molar-refractivity contribution in [2.45, 2.75) is 13.8 Å². The molecule has 0 aliphatic carbocycles. The van der Waals surface area contributed by atoms with Crippen LogP contribution in [0.15, 0.2) is 28.9 Å². The highest BCUT2D eigenvalue weighted by atomic mass is 19.1. The Morgan fingerprint density at radius 1 is 1.42 bits per heavy atom. The molecule has 19 heavy (non-hydrogen) atoms. The fourth-order valence-corrected chi connectivity index (χ4v) is 1.69. The summed E-state index contributed by atoms with van der Waals surface area (Å²) in [6.07, 6.45) is 1.55. The number of hydrogen-bond acceptors (Lipinski definition) is 3. The van der Waals surface area contributed by atoms with Gasteiger partial charge in [-0.2, -0.15) is 0 Å². The van der Waals surface area contributed by atoms with E-state index in [1.54, 1.807) is 12.1 Å². The summed E-state index contributed by atoms with van der Waals surface area (Å²) >= 11 is 0. The largest absolute Gasteiger partial charge is 0.494 e. The summed E-state index contributed by atoms with van der Waals surface area (Å²) in [5.41, 5.74) is 0.852. The number of aliphatic imine (C=N–C) groups is 1. The molecule has 0 fully saturated rings. The van der Waals surface area contributed by atoms with Crippen molar-refractivity contribution in [3.63, 3.8) is 0 Å². The molecular weight excluding hydrogens is 247 g/mol. The van der Waals surface area contributed by atoms with E-state index in [9.17, 15) is 9.18 Å². The van der Waals surface area contributed by atoms with Crippen LogP contribution in [-0.2, 0) is 4.79 Å². The zero-order valence-corrected chi connectivity index (χ0v) is 11.0. The lowest BCUT2D eigenvalue weighted by Gasteiger charge is -2.02. The second-order valence-electron chi connectivity index (χ2n) is 4.53. The summed E-state index contributed by atoms with van der Waals surface area (Å²) in [5.74, 6) is 0.209. The van der Waals surface area contributed by atoms with Gasteiger partial charge in [-0.05, 0) is 23.8 Å². The molecule has 0 radical (unpaired) electrons. The number of carbonyl (C=O) groups is 1. The van der Waals surface area contributed by atoms with Crippen molar-refractivity contribution in [2.24, 2.45) is 10.9 Å². The number of hydrogen-bond donors (Lipinski definition) is 1. The molecule has 4 nitrogen and oxygen atoms in total. The number of nitrogens with one attached hydrogen (secondary N) is 1. The Morgan fingerprint density at radius 2 is 2.16 bits per heavy atom. The second kappa shape index (κ2) is 5.22. The van der Waals surface area contributed by atoms with Gasteiger partial charge in [0.05, 0.1) is 7.11 Å². The van der Waals surface area contributed by atoms with E-state index in [1.165, 1.54) is 19.2 Å². The van der Waals surface area contributed by atoms with Crippen molar-refractivity contribution in [3.05, 3.63) is 35.3 Å². The number of carbonyl (C=O) groups excluding carboxylic acids is 1. The van der Waals surface area contributed by atoms with Crippen LogP contribution in [0.3, 0.4) is 0 Å². The van der Waals surface area contributed by atoms with Gasteiger partial charge in [-0.1, -0.05) is 19.9 Å². The van der Waals surface area contributed by atoms with Crippen molar-refractivity contribution >= 4 is 17.8 Å². The minimum atomic E-state index is -0.469. The molecule has 0 unspecified atom stereocenters. The van der Waals surface area contributed by atoms with Crippen LogP contribution in [0.2, 0.25) is 0 Å². The van der Waals surface area contributed by atoms with E-state index in [-0.39, 0.29) is 23.3 Å². The molecular formula is C14H15FN2O2. The first-order valence-corrected chi connectivity index (χ1v) is 5.96. The zero-order chi connectivity index (χ0) is 14.0. The molecule has 1 aromatic rings. The van der Waals surface area contributed by atoms with Crippen LogP contribution < -0.4 is 10.1 Å². The lowest BCUT2D eigenvalue weighted by Crippen LogP contribution is -2.27. The molecule has 1 aliphatic heterocycles. The fourth-order valence-electron chi connectivity index (χ4n) is 1.69. The Kier molecular flexibility index (Phi) is 3.64. The Balaban J connectivity index is 2.31. The number of nitrogens with zero attached hydrogens (tertiary/aromatic N) is 1. The molecule has 1 heterocycles. The van der Waals surface area contributed by atoms with Gasteiger partial charge in [0, 0.05) is 5.92 Å². The van der Waals surface area contributed by atoms with Gasteiger partial charge < -0.3 is 10.1 Å². The molecule has 1 N–H and O–H groups in total. The maximum atomic E-state index is 13.5.